The van der Waals surface area contributed by atoms with E-state index in [-0.39, 0.29) is 0 Å². The first-order chi connectivity index (χ1) is 10.4. The lowest BCUT2D eigenvalue weighted by Crippen LogP contribution is -2.28. The summed E-state index contributed by atoms with van der Waals surface area (Å²) < 4.78 is 2.12. The van der Waals surface area contributed by atoms with Crippen LogP contribution in [0.5, 0.6) is 0 Å². The summed E-state index contributed by atoms with van der Waals surface area (Å²) >= 11 is 0. The number of nitrogens with one attached hydrogen (secondary N) is 1. The summed E-state index contributed by atoms with van der Waals surface area (Å²) in [7, 11) is 0. The Hall–Kier alpha value is -2.13. The summed E-state index contributed by atoms with van der Waals surface area (Å²) in [5.74, 6) is 0.505. The molecule has 2 aromatic heterocycles. The van der Waals surface area contributed by atoms with Gasteiger partial charge in [-0.2, -0.15) is 0 Å². The molecule has 1 aliphatic heterocycles. The first-order valence-corrected chi connectivity index (χ1v) is 7.61. The molecule has 106 valence electrons. The van der Waals surface area contributed by atoms with Gasteiger partial charge in [-0.05, 0) is 37.1 Å². The third-order valence-corrected chi connectivity index (χ3v) is 4.41. The summed E-state index contributed by atoms with van der Waals surface area (Å²) in [6.07, 6.45) is 6.49. The minimum absolute atomic E-state index is 0.484. The molecule has 4 rings (SSSR count). The molecule has 1 N–H and O–H groups in total. The Morgan fingerprint density at radius 2 is 1.95 bits per heavy atom. The SMILES string of the molecule is c1ccc(CC2NCCC2c2cn3ccccc3n2)cc1. The molecule has 2 atom stereocenters. The first kappa shape index (κ1) is 12.6. The van der Waals surface area contributed by atoms with Crippen LogP contribution < -0.4 is 5.32 Å². The highest BCUT2D eigenvalue weighted by atomic mass is 15.0. The van der Waals surface area contributed by atoms with Gasteiger partial charge >= 0.3 is 0 Å². The van der Waals surface area contributed by atoms with Crippen LogP contribution in [0.1, 0.15) is 23.6 Å². The monoisotopic (exact) mass is 277 g/mol. The van der Waals surface area contributed by atoms with E-state index in [0.29, 0.717) is 12.0 Å². The second-order valence-corrected chi connectivity index (χ2v) is 5.78. The predicted molar refractivity (Wildman–Crippen MR) is 84.5 cm³/mol. The van der Waals surface area contributed by atoms with Gasteiger partial charge in [0, 0.05) is 24.4 Å². The van der Waals surface area contributed by atoms with E-state index in [1.54, 1.807) is 0 Å². The number of aromatic nitrogens is 2. The Kier molecular flexibility index (Phi) is 3.20. The maximum atomic E-state index is 4.81. The molecule has 0 spiro atoms. The van der Waals surface area contributed by atoms with Crippen molar-refractivity contribution < 1.29 is 0 Å². The Labute approximate surface area is 124 Å². The maximum Gasteiger partial charge on any atom is 0.136 e. The van der Waals surface area contributed by atoms with Crippen LogP contribution in [0, 0.1) is 0 Å². The first-order valence-electron chi connectivity index (χ1n) is 7.61. The molecule has 3 aromatic rings. The molecule has 0 amide bonds. The Balaban J connectivity index is 1.61. The van der Waals surface area contributed by atoms with E-state index in [2.05, 4.69) is 58.5 Å². The fourth-order valence-corrected chi connectivity index (χ4v) is 3.34. The largest absolute Gasteiger partial charge is 0.313 e. The number of hydrogen-bond acceptors (Lipinski definition) is 2. The minimum Gasteiger partial charge on any atom is -0.313 e. The van der Waals surface area contributed by atoms with E-state index in [1.165, 1.54) is 17.7 Å². The third kappa shape index (κ3) is 2.45. The normalized spacial score (nSPS) is 21.9. The van der Waals surface area contributed by atoms with Crippen LogP contribution in [-0.2, 0) is 6.42 Å². The van der Waals surface area contributed by atoms with Crippen molar-refractivity contribution in [2.24, 2.45) is 0 Å². The highest BCUT2D eigenvalue weighted by Gasteiger charge is 2.30. The third-order valence-electron chi connectivity index (χ3n) is 4.41. The van der Waals surface area contributed by atoms with E-state index in [1.807, 2.05) is 12.1 Å². The van der Waals surface area contributed by atoms with Crippen molar-refractivity contribution in [1.82, 2.24) is 14.7 Å². The molecule has 0 radical (unpaired) electrons. The van der Waals surface area contributed by atoms with Gasteiger partial charge in [-0.15, -0.1) is 0 Å². The highest BCUT2D eigenvalue weighted by molar-refractivity contribution is 5.40. The lowest BCUT2D eigenvalue weighted by Gasteiger charge is -2.17. The smallest absolute Gasteiger partial charge is 0.136 e. The number of rotatable bonds is 3. The van der Waals surface area contributed by atoms with Gasteiger partial charge in [-0.3, -0.25) is 0 Å². The Morgan fingerprint density at radius 3 is 2.81 bits per heavy atom. The predicted octanol–water partition coefficient (Wildman–Crippen LogP) is 3.02. The molecule has 3 heteroatoms. The van der Waals surface area contributed by atoms with E-state index in [9.17, 15) is 0 Å². The number of fused-ring (bicyclic) bond motifs is 1. The highest BCUT2D eigenvalue weighted by Crippen LogP contribution is 2.29. The van der Waals surface area contributed by atoms with Crippen LogP contribution in [-0.4, -0.2) is 22.0 Å². The van der Waals surface area contributed by atoms with Gasteiger partial charge in [0.05, 0.1) is 5.69 Å². The number of imidazole rings is 1. The number of benzene rings is 1. The summed E-state index contributed by atoms with van der Waals surface area (Å²) in [6, 6.07) is 17.4. The van der Waals surface area contributed by atoms with Crippen molar-refractivity contribution in [3.63, 3.8) is 0 Å². The van der Waals surface area contributed by atoms with Gasteiger partial charge in [-0.25, -0.2) is 4.98 Å². The van der Waals surface area contributed by atoms with E-state index < -0.39 is 0 Å². The molecule has 0 aliphatic carbocycles. The van der Waals surface area contributed by atoms with E-state index in [4.69, 9.17) is 4.98 Å². The Morgan fingerprint density at radius 1 is 1.10 bits per heavy atom. The fourth-order valence-electron chi connectivity index (χ4n) is 3.34. The molecular weight excluding hydrogens is 258 g/mol. The van der Waals surface area contributed by atoms with Crippen LogP contribution in [0.3, 0.4) is 0 Å². The van der Waals surface area contributed by atoms with E-state index in [0.717, 1.165) is 18.6 Å². The van der Waals surface area contributed by atoms with Gasteiger partial charge in [0.25, 0.3) is 0 Å². The van der Waals surface area contributed by atoms with Gasteiger partial charge in [0.1, 0.15) is 5.65 Å². The lowest BCUT2D eigenvalue weighted by molar-refractivity contribution is 0.537. The molecule has 1 saturated heterocycles. The van der Waals surface area contributed by atoms with Crippen molar-refractivity contribution in [2.45, 2.75) is 24.8 Å². The molecule has 21 heavy (non-hydrogen) atoms. The topological polar surface area (TPSA) is 29.3 Å². The molecule has 3 nitrogen and oxygen atoms in total. The quantitative estimate of drug-likeness (QED) is 0.797. The lowest BCUT2D eigenvalue weighted by atomic mass is 9.92. The van der Waals surface area contributed by atoms with Crippen molar-refractivity contribution in [1.29, 1.82) is 0 Å². The average Bonchev–Trinajstić information content (AvgIpc) is 3.14. The second kappa shape index (κ2) is 5.34. The van der Waals surface area contributed by atoms with Crippen LogP contribution in [0.4, 0.5) is 0 Å². The van der Waals surface area contributed by atoms with Crippen LogP contribution in [0.2, 0.25) is 0 Å². The fraction of sp³-hybridized carbons (Fsp3) is 0.278. The molecular formula is C18H19N3. The van der Waals surface area contributed by atoms with Crippen molar-refractivity contribution >= 4 is 5.65 Å². The summed E-state index contributed by atoms with van der Waals surface area (Å²) in [6.45, 7) is 1.08. The number of pyridine rings is 1. The van der Waals surface area contributed by atoms with Gasteiger partial charge in [0.2, 0.25) is 0 Å². The van der Waals surface area contributed by atoms with Crippen LogP contribution >= 0.6 is 0 Å². The molecule has 1 fully saturated rings. The zero-order valence-corrected chi connectivity index (χ0v) is 11.9. The zero-order valence-electron chi connectivity index (χ0n) is 11.9. The van der Waals surface area contributed by atoms with Crippen molar-refractivity contribution in [3.05, 3.63) is 72.2 Å². The van der Waals surface area contributed by atoms with Crippen LogP contribution in [0.15, 0.2) is 60.9 Å². The van der Waals surface area contributed by atoms with Crippen LogP contribution in [0.25, 0.3) is 5.65 Å². The second-order valence-electron chi connectivity index (χ2n) is 5.78. The van der Waals surface area contributed by atoms with Crippen molar-refractivity contribution in [2.75, 3.05) is 6.54 Å². The standard InChI is InChI=1S/C18H19N3/c1-2-6-14(7-3-1)12-16-15(9-10-19-16)17-13-21-11-5-4-8-18(21)20-17/h1-8,11,13,15-16,19H,9-10,12H2. The average molecular weight is 277 g/mol. The number of hydrogen-bond donors (Lipinski definition) is 1. The zero-order chi connectivity index (χ0) is 14.1. The number of nitrogens with zero attached hydrogens (tertiary/aromatic N) is 2. The minimum atomic E-state index is 0.484. The molecule has 1 aromatic carbocycles. The molecule has 3 heterocycles. The molecule has 1 aliphatic rings. The van der Waals surface area contributed by atoms with Gasteiger partial charge in [0.15, 0.2) is 0 Å². The maximum absolute atomic E-state index is 4.81. The van der Waals surface area contributed by atoms with Gasteiger partial charge in [-0.1, -0.05) is 36.4 Å². The van der Waals surface area contributed by atoms with E-state index >= 15 is 0 Å². The molecule has 0 bridgehead atoms. The molecule has 0 saturated carbocycles. The Bertz CT molecular complexity index is 699. The summed E-state index contributed by atoms with van der Waals surface area (Å²) in [5, 5.41) is 3.65. The van der Waals surface area contributed by atoms with Gasteiger partial charge < -0.3 is 9.72 Å². The summed E-state index contributed by atoms with van der Waals surface area (Å²) in [5.41, 5.74) is 3.65. The summed E-state index contributed by atoms with van der Waals surface area (Å²) in [4.78, 5) is 4.81. The molecule has 2 unspecified atom stereocenters. The van der Waals surface area contributed by atoms with Crippen molar-refractivity contribution in [3.8, 4) is 0 Å².